The van der Waals surface area contributed by atoms with Gasteiger partial charge in [-0.15, -0.1) is 0 Å². The van der Waals surface area contributed by atoms with Gasteiger partial charge in [0, 0.05) is 17.3 Å². The van der Waals surface area contributed by atoms with Gasteiger partial charge in [0.2, 0.25) is 5.91 Å². The van der Waals surface area contributed by atoms with Gasteiger partial charge in [0.15, 0.2) is 0 Å². The molecule has 0 radical (unpaired) electrons. The molecule has 0 saturated heterocycles. The second-order valence-electron chi connectivity index (χ2n) is 5.10. The summed E-state index contributed by atoms with van der Waals surface area (Å²) in [5, 5.41) is 3.61. The Bertz CT molecular complexity index is 453. The molecule has 2 rings (SSSR count). The molecule has 0 unspecified atom stereocenters. The predicted octanol–water partition coefficient (Wildman–Crippen LogP) is 3.11. The van der Waals surface area contributed by atoms with E-state index < -0.39 is 0 Å². The van der Waals surface area contributed by atoms with E-state index in [1.807, 2.05) is 19.1 Å². The monoisotopic (exact) mass is 266 g/mol. The molecule has 0 bridgehead atoms. The maximum atomic E-state index is 12.4. The molecule has 1 aliphatic rings. The molecular formula is C14H19ClN2O. The van der Waals surface area contributed by atoms with Gasteiger partial charge in [0.25, 0.3) is 0 Å². The number of nitrogens with two attached hydrogens (primary N) is 1. The van der Waals surface area contributed by atoms with Crippen molar-refractivity contribution in [2.45, 2.75) is 32.6 Å². The second-order valence-corrected chi connectivity index (χ2v) is 5.54. The van der Waals surface area contributed by atoms with E-state index in [1.165, 1.54) is 0 Å². The zero-order chi connectivity index (χ0) is 13.2. The van der Waals surface area contributed by atoms with Crippen LogP contribution in [0.1, 0.15) is 31.2 Å². The first-order valence-electron chi connectivity index (χ1n) is 6.35. The number of benzene rings is 1. The van der Waals surface area contributed by atoms with Crippen molar-refractivity contribution in [1.82, 2.24) is 0 Å². The Morgan fingerprint density at radius 3 is 2.72 bits per heavy atom. The van der Waals surface area contributed by atoms with E-state index in [4.69, 9.17) is 17.3 Å². The van der Waals surface area contributed by atoms with Crippen molar-refractivity contribution in [1.29, 1.82) is 0 Å². The SMILES string of the molecule is Cc1ccc(Cl)cc1NC(=O)C1(CN)CCCC1. The van der Waals surface area contributed by atoms with Crippen molar-refractivity contribution in [3.05, 3.63) is 28.8 Å². The van der Waals surface area contributed by atoms with Crippen LogP contribution in [0, 0.1) is 12.3 Å². The summed E-state index contributed by atoms with van der Waals surface area (Å²) in [6.07, 6.45) is 3.93. The molecule has 1 amide bonds. The fraction of sp³-hybridized carbons (Fsp3) is 0.500. The number of carbonyl (C=O) groups is 1. The number of anilines is 1. The molecule has 0 aromatic heterocycles. The van der Waals surface area contributed by atoms with Gasteiger partial charge in [-0.05, 0) is 37.5 Å². The lowest BCUT2D eigenvalue weighted by atomic mass is 9.85. The van der Waals surface area contributed by atoms with Crippen LogP contribution >= 0.6 is 11.6 Å². The Morgan fingerprint density at radius 1 is 1.44 bits per heavy atom. The largest absolute Gasteiger partial charge is 0.329 e. The van der Waals surface area contributed by atoms with Gasteiger partial charge in [-0.2, -0.15) is 0 Å². The van der Waals surface area contributed by atoms with Gasteiger partial charge >= 0.3 is 0 Å². The molecule has 0 aliphatic heterocycles. The molecule has 1 aromatic carbocycles. The maximum absolute atomic E-state index is 12.4. The molecule has 1 aliphatic carbocycles. The minimum Gasteiger partial charge on any atom is -0.329 e. The van der Waals surface area contributed by atoms with E-state index in [0.717, 1.165) is 36.9 Å². The standard InChI is InChI=1S/C14H19ClN2O/c1-10-4-5-11(15)8-12(10)17-13(18)14(9-16)6-2-3-7-14/h4-5,8H,2-3,6-7,9,16H2,1H3,(H,17,18). The number of aryl methyl sites for hydroxylation is 1. The summed E-state index contributed by atoms with van der Waals surface area (Å²) in [5.41, 5.74) is 7.22. The van der Waals surface area contributed by atoms with Crippen molar-refractivity contribution >= 4 is 23.2 Å². The Labute approximate surface area is 113 Å². The molecule has 0 atom stereocenters. The van der Waals surface area contributed by atoms with Crippen LogP contribution in [0.25, 0.3) is 0 Å². The molecule has 0 heterocycles. The van der Waals surface area contributed by atoms with Gasteiger partial charge in [-0.25, -0.2) is 0 Å². The van der Waals surface area contributed by atoms with Crippen molar-refractivity contribution < 1.29 is 4.79 Å². The first-order valence-corrected chi connectivity index (χ1v) is 6.73. The van der Waals surface area contributed by atoms with Crippen LogP contribution in [-0.2, 0) is 4.79 Å². The zero-order valence-corrected chi connectivity index (χ0v) is 11.4. The third-order valence-electron chi connectivity index (χ3n) is 3.88. The van der Waals surface area contributed by atoms with Crippen molar-refractivity contribution in [2.75, 3.05) is 11.9 Å². The van der Waals surface area contributed by atoms with Crippen LogP contribution in [-0.4, -0.2) is 12.5 Å². The molecule has 3 nitrogen and oxygen atoms in total. The number of hydrogen-bond donors (Lipinski definition) is 2. The van der Waals surface area contributed by atoms with Gasteiger partial charge in [-0.1, -0.05) is 30.5 Å². The number of rotatable bonds is 3. The number of nitrogens with one attached hydrogen (secondary N) is 1. The Hall–Kier alpha value is -1.06. The lowest BCUT2D eigenvalue weighted by Crippen LogP contribution is -2.40. The summed E-state index contributed by atoms with van der Waals surface area (Å²) in [6.45, 7) is 2.37. The second kappa shape index (κ2) is 5.29. The van der Waals surface area contributed by atoms with Crippen LogP contribution in [0.15, 0.2) is 18.2 Å². The normalized spacial score (nSPS) is 17.7. The van der Waals surface area contributed by atoms with Crippen LogP contribution in [0.4, 0.5) is 5.69 Å². The highest BCUT2D eigenvalue weighted by Crippen LogP contribution is 2.38. The molecular weight excluding hydrogens is 248 g/mol. The Kier molecular flexibility index (Phi) is 3.93. The maximum Gasteiger partial charge on any atom is 0.231 e. The molecule has 0 spiro atoms. The number of halogens is 1. The molecule has 1 aromatic rings. The van der Waals surface area contributed by atoms with Gasteiger partial charge in [0.05, 0.1) is 5.41 Å². The number of amides is 1. The fourth-order valence-electron chi connectivity index (χ4n) is 2.56. The van der Waals surface area contributed by atoms with E-state index in [1.54, 1.807) is 6.07 Å². The lowest BCUT2D eigenvalue weighted by Gasteiger charge is -2.26. The van der Waals surface area contributed by atoms with Crippen LogP contribution in [0.3, 0.4) is 0 Å². The van der Waals surface area contributed by atoms with Crippen molar-refractivity contribution in [3.8, 4) is 0 Å². The molecule has 4 heteroatoms. The van der Waals surface area contributed by atoms with E-state index in [9.17, 15) is 4.79 Å². The van der Waals surface area contributed by atoms with E-state index in [2.05, 4.69) is 5.32 Å². The predicted molar refractivity (Wildman–Crippen MR) is 74.8 cm³/mol. The lowest BCUT2D eigenvalue weighted by molar-refractivity contribution is -0.124. The third-order valence-corrected chi connectivity index (χ3v) is 4.12. The summed E-state index contributed by atoms with van der Waals surface area (Å²) in [4.78, 5) is 12.4. The average Bonchev–Trinajstić information content (AvgIpc) is 2.84. The summed E-state index contributed by atoms with van der Waals surface area (Å²) < 4.78 is 0. The van der Waals surface area contributed by atoms with Crippen LogP contribution in [0.5, 0.6) is 0 Å². The summed E-state index contributed by atoms with van der Waals surface area (Å²) in [6, 6.07) is 5.51. The van der Waals surface area contributed by atoms with Crippen LogP contribution < -0.4 is 11.1 Å². The van der Waals surface area contributed by atoms with Gasteiger partial charge < -0.3 is 11.1 Å². The van der Waals surface area contributed by atoms with E-state index >= 15 is 0 Å². The molecule has 3 N–H and O–H groups in total. The highest BCUT2D eigenvalue weighted by molar-refractivity contribution is 6.31. The smallest absolute Gasteiger partial charge is 0.231 e. The highest BCUT2D eigenvalue weighted by atomic mass is 35.5. The zero-order valence-electron chi connectivity index (χ0n) is 10.6. The Morgan fingerprint density at radius 2 is 2.11 bits per heavy atom. The summed E-state index contributed by atoms with van der Waals surface area (Å²) in [7, 11) is 0. The molecule has 1 fully saturated rings. The Balaban J connectivity index is 2.18. The third kappa shape index (κ3) is 2.52. The van der Waals surface area contributed by atoms with E-state index in [-0.39, 0.29) is 11.3 Å². The minimum absolute atomic E-state index is 0.0351. The summed E-state index contributed by atoms with van der Waals surface area (Å²) in [5.74, 6) is 0.0351. The molecule has 1 saturated carbocycles. The average molecular weight is 267 g/mol. The van der Waals surface area contributed by atoms with Crippen molar-refractivity contribution in [2.24, 2.45) is 11.1 Å². The first-order chi connectivity index (χ1) is 8.57. The van der Waals surface area contributed by atoms with Crippen LogP contribution in [0.2, 0.25) is 5.02 Å². The fourth-order valence-corrected chi connectivity index (χ4v) is 2.73. The highest BCUT2D eigenvalue weighted by Gasteiger charge is 2.39. The van der Waals surface area contributed by atoms with Gasteiger partial charge in [-0.3, -0.25) is 4.79 Å². The topological polar surface area (TPSA) is 55.1 Å². The molecule has 98 valence electrons. The number of hydrogen-bond acceptors (Lipinski definition) is 2. The molecule has 18 heavy (non-hydrogen) atoms. The minimum atomic E-state index is -0.380. The van der Waals surface area contributed by atoms with Gasteiger partial charge in [0.1, 0.15) is 0 Å². The van der Waals surface area contributed by atoms with E-state index in [0.29, 0.717) is 11.6 Å². The number of carbonyl (C=O) groups excluding carboxylic acids is 1. The first kappa shape index (κ1) is 13.4. The van der Waals surface area contributed by atoms with Crippen molar-refractivity contribution in [3.63, 3.8) is 0 Å². The quantitative estimate of drug-likeness (QED) is 0.883. The summed E-state index contributed by atoms with van der Waals surface area (Å²) >= 11 is 5.95.